The average molecular weight is 450 g/mol. The zero-order chi connectivity index (χ0) is 23.0. The van der Waals surface area contributed by atoms with E-state index in [2.05, 4.69) is 61.4 Å². The van der Waals surface area contributed by atoms with Crippen molar-refractivity contribution in [3.05, 3.63) is 59.8 Å². The summed E-state index contributed by atoms with van der Waals surface area (Å²) in [6, 6.07) is 14.4. The van der Waals surface area contributed by atoms with Gasteiger partial charge in [0.2, 0.25) is 5.88 Å². The van der Waals surface area contributed by atoms with Crippen molar-refractivity contribution in [2.24, 2.45) is 4.99 Å². The maximum absolute atomic E-state index is 12.2. The molecule has 1 aliphatic rings. The van der Waals surface area contributed by atoms with Crippen molar-refractivity contribution in [3.63, 3.8) is 0 Å². The van der Waals surface area contributed by atoms with Gasteiger partial charge in [0.1, 0.15) is 0 Å². The third-order valence-electron chi connectivity index (χ3n) is 5.45. The van der Waals surface area contributed by atoms with Crippen LogP contribution < -0.4 is 15.4 Å². The maximum atomic E-state index is 12.2. The predicted molar refractivity (Wildman–Crippen MR) is 118 cm³/mol. The number of nitrogens with zero attached hydrogens (tertiary/aromatic N) is 3. The number of guanidine groups is 1. The first-order valence-electron chi connectivity index (χ1n) is 10.7. The SMILES string of the molecule is CN=C(NCc1ccc(OCC(F)(F)F)nc1)NC1CCN(Cc2ccccc2)C(C)C1. The highest BCUT2D eigenvalue weighted by Gasteiger charge is 2.28. The molecule has 2 aromatic rings. The lowest BCUT2D eigenvalue weighted by atomic mass is 9.97. The Morgan fingerprint density at radius 2 is 1.97 bits per heavy atom. The summed E-state index contributed by atoms with van der Waals surface area (Å²) in [5.41, 5.74) is 2.14. The minimum Gasteiger partial charge on any atom is -0.468 e. The summed E-state index contributed by atoms with van der Waals surface area (Å²) >= 11 is 0. The zero-order valence-corrected chi connectivity index (χ0v) is 18.4. The topological polar surface area (TPSA) is 61.8 Å². The van der Waals surface area contributed by atoms with E-state index in [4.69, 9.17) is 0 Å². The van der Waals surface area contributed by atoms with Crippen LogP contribution in [0.4, 0.5) is 13.2 Å². The number of rotatable bonds is 7. The summed E-state index contributed by atoms with van der Waals surface area (Å²) in [7, 11) is 1.72. The number of nitrogens with one attached hydrogen (secondary N) is 2. The Kier molecular flexibility index (Phi) is 8.33. The van der Waals surface area contributed by atoms with E-state index in [9.17, 15) is 13.2 Å². The smallest absolute Gasteiger partial charge is 0.422 e. The van der Waals surface area contributed by atoms with Gasteiger partial charge in [0.15, 0.2) is 12.6 Å². The van der Waals surface area contributed by atoms with Crippen LogP contribution in [0.2, 0.25) is 0 Å². The van der Waals surface area contributed by atoms with E-state index in [-0.39, 0.29) is 5.88 Å². The number of halogens is 3. The Labute approximate surface area is 186 Å². The number of benzene rings is 1. The summed E-state index contributed by atoms with van der Waals surface area (Å²) in [4.78, 5) is 10.7. The Morgan fingerprint density at radius 1 is 1.19 bits per heavy atom. The third-order valence-corrected chi connectivity index (χ3v) is 5.45. The van der Waals surface area contributed by atoms with Crippen molar-refractivity contribution in [3.8, 4) is 5.88 Å². The minimum absolute atomic E-state index is 0.0511. The minimum atomic E-state index is -4.38. The molecule has 1 aliphatic heterocycles. The van der Waals surface area contributed by atoms with Gasteiger partial charge in [-0.05, 0) is 30.9 Å². The maximum Gasteiger partial charge on any atom is 0.422 e. The molecule has 32 heavy (non-hydrogen) atoms. The van der Waals surface area contributed by atoms with Gasteiger partial charge in [0, 0.05) is 51.0 Å². The highest BCUT2D eigenvalue weighted by Crippen LogP contribution is 2.20. The van der Waals surface area contributed by atoms with Gasteiger partial charge in [-0.25, -0.2) is 4.98 Å². The lowest BCUT2D eigenvalue weighted by molar-refractivity contribution is -0.154. The number of likely N-dealkylation sites (tertiary alicyclic amines) is 1. The van der Waals surface area contributed by atoms with E-state index < -0.39 is 12.8 Å². The summed E-state index contributed by atoms with van der Waals surface area (Å²) in [6.07, 6.45) is -0.851. The second-order valence-electron chi connectivity index (χ2n) is 8.01. The molecule has 1 saturated heterocycles. The van der Waals surface area contributed by atoms with Crippen LogP contribution in [0.25, 0.3) is 0 Å². The number of hydrogen-bond donors (Lipinski definition) is 2. The lowest BCUT2D eigenvalue weighted by Gasteiger charge is -2.38. The molecule has 0 saturated carbocycles. The first-order valence-corrected chi connectivity index (χ1v) is 10.7. The molecule has 1 aromatic heterocycles. The van der Waals surface area contributed by atoms with Gasteiger partial charge >= 0.3 is 6.18 Å². The van der Waals surface area contributed by atoms with Crippen LogP contribution in [-0.4, -0.2) is 54.3 Å². The molecule has 2 heterocycles. The van der Waals surface area contributed by atoms with Crippen molar-refractivity contribution < 1.29 is 17.9 Å². The van der Waals surface area contributed by atoms with Crippen molar-refractivity contribution >= 4 is 5.96 Å². The second-order valence-corrected chi connectivity index (χ2v) is 8.01. The van der Waals surface area contributed by atoms with Gasteiger partial charge in [0.25, 0.3) is 0 Å². The van der Waals surface area contributed by atoms with Crippen LogP contribution in [-0.2, 0) is 13.1 Å². The van der Waals surface area contributed by atoms with Crippen LogP contribution in [0.5, 0.6) is 5.88 Å². The largest absolute Gasteiger partial charge is 0.468 e. The summed E-state index contributed by atoms with van der Waals surface area (Å²) in [5, 5.41) is 6.72. The summed E-state index contributed by atoms with van der Waals surface area (Å²) in [5.74, 6) is 0.640. The normalized spacial score (nSPS) is 20.1. The summed E-state index contributed by atoms with van der Waals surface area (Å²) < 4.78 is 41.3. The van der Waals surface area contributed by atoms with E-state index in [1.165, 1.54) is 17.8 Å². The molecular weight excluding hydrogens is 419 g/mol. The van der Waals surface area contributed by atoms with Crippen molar-refractivity contribution in [2.45, 2.75) is 51.1 Å². The Bertz CT molecular complexity index is 858. The number of aromatic nitrogens is 1. The molecule has 0 radical (unpaired) electrons. The molecule has 2 N–H and O–H groups in total. The van der Waals surface area contributed by atoms with Gasteiger partial charge in [0.05, 0.1) is 0 Å². The fraction of sp³-hybridized carbons (Fsp3) is 0.478. The highest BCUT2D eigenvalue weighted by atomic mass is 19.4. The highest BCUT2D eigenvalue weighted by molar-refractivity contribution is 5.79. The molecule has 1 aromatic carbocycles. The molecule has 3 rings (SSSR count). The molecule has 1 fully saturated rings. The first kappa shape index (κ1) is 23.8. The van der Waals surface area contributed by atoms with Gasteiger partial charge < -0.3 is 15.4 Å². The van der Waals surface area contributed by atoms with Gasteiger partial charge in [-0.15, -0.1) is 0 Å². The first-order chi connectivity index (χ1) is 15.3. The van der Waals surface area contributed by atoms with E-state index in [0.29, 0.717) is 24.6 Å². The molecule has 0 amide bonds. The Hall–Kier alpha value is -2.81. The molecule has 6 nitrogen and oxygen atoms in total. The molecule has 2 atom stereocenters. The Morgan fingerprint density at radius 3 is 2.59 bits per heavy atom. The monoisotopic (exact) mass is 449 g/mol. The second kappa shape index (κ2) is 11.2. The van der Waals surface area contributed by atoms with Crippen LogP contribution in [0, 0.1) is 0 Å². The number of hydrogen-bond acceptors (Lipinski definition) is 4. The number of piperidine rings is 1. The standard InChI is InChI=1S/C23H30F3N5O/c1-17-12-20(10-11-31(17)15-18-6-4-3-5-7-18)30-22(27-2)29-14-19-8-9-21(28-13-19)32-16-23(24,25)26/h3-9,13,17,20H,10-12,14-16H2,1-2H3,(H2,27,29,30). The zero-order valence-electron chi connectivity index (χ0n) is 18.4. The van der Waals surface area contributed by atoms with E-state index in [1.54, 1.807) is 13.1 Å². The van der Waals surface area contributed by atoms with Crippen LogP contribution in [0.1, 0.15) is 30.9 Å². The quantitative estimate of drug-likeness (QED) is 0.498. The Balaban J connectivity index is 1.43. The van der Waals surface area contributed by atoms with Crippen LogP contribution in [0.3, 0.4) is 0 Å². The fourth-order valence-electron chi connectivity index (χ4n) is 3.74. The molecule has 0 spiro atoms. The summed E-state index contributed by atoms with van der Waals surface area (Å²) in [6.45, 7) is 3.32. The number of aliphatic imine (C=N–C) groups is 1. The fourth-order valence-corrected chi connectivity index (χ4v) is 3.74. The molecule has 9 heteroatoms. The van der Waals surface area contributed by atoms with E-state index in [1.807, 2.05) is 6.07 Å². The van der Waals surface area contributed by atoms with Gasteiger partial charge in [-0.2, -0.15) is 13.2 Å². The average Bonchev–Trinajstić information content (AvgIpc) is 2.78. The number of alkyl halides is 3. The van der Waals surface area contributed by atoms with Crippen LogP contribution >= 0.6 is 0 Å². The van der Waals surface area contributed by atoms with Crippen molar-refractivity contribution in [2.75, 3.05) is 20.2 Å². The molecule has 174 valence electrons. The van der Waals surface area contributed by atoms with Gasteiger partial charge in [-0.1, -0.05) is 36.4 Å². The number of pyridine rings is 1. The van der Waals surface area contributed by atoms with Gasteiger partial charge in [-0.3, -0.25) is 9.89 Å². The van der Waals surface area contributed by atoms with Crippen molar-refractivity contribution in [1.82, 2.24) is 20.5 Å². The third kappa shape index (κ3) is 7.71. The van der Waals surface area contributed by atoms with Crippen LogP contribution in [0.15, 0.2) is 53.7 Å². The molecule has 0 aliphatic carbocycles. The molecular formula is C23H30F3N5O. The van der Waals surface area contributed by atoms with E-state index >= 15 is 0 Å². The number of ether oxygens (including phenoxy) is 1. The lowest BCUT2D eigenvalue weighted by Crippen LogP contribution is -2.51. The van der Waals surface area contributed by atoms with E-state index in [0.717, 1.165) is 31.5 Å². The van der Waals surface area contributed by atoms with Crippen molar-refractivity contribution in [1.29, 1.82) is 0 Å². The molecule has 0 bridgehead atoms. The predicted octanol–water partition coefficient (Wildman–Crippen LogP) is 3.74. The molecule has 2 unspecified atom stereocenters.